The van der Waals surface area contributed by atoms with E-state index in [1.165, 1.54) is 0 Å². The summed E-state index contributed by atoms with van der Waals surface area (Å²) in [5, 5.41) is 9.19. The predicted octanol–water partition coefficient (Wildman–Crippen LogP) is 1.45. The fourth-order valence-corrected chi connectivity index (χ4v) is 2.40. The number of nitrogens with zero attached hydrogens (tertiary/aromatic N) is 4. The Bertz CT molecular complexity index is 416. The SMILES string of the molecule is CCN(C)c1cc(N2CCC(CO)CC2)nc(C)n1. The third kappa shape index (κ3) is 3.35. The maximum absolute atomic E-state index is 9.19. The Kier molecular flexibility index (Phi) is 4.58. The Balaban J connectivity index is 2.14. The number of aromatic nitrogens is 2. The molecule has 1 saturated heterocycles. The van der Waals surface area contributed by atoms with Gasteiger partial charge in [-0.25, -0.2) is 9.97 Å². The molecule has 106 valence electrons. The highest BCUT2D eigenvalue weighted by Crippen LogP contribution is 2.24. The van der Waals surface area contributed by atoms with Crippen molar-refractivity contribution in [3.8, 4) is 0 Å². The Morgan fingerprint density at radius 2 is 2.05 bits per heavy atom. The zero-order valence-corrected chi connectivity index (χ0v) is 12.1. The van der Waals surface area contributed by atoms with Crippen molar-refractivity contribution in [3.05, 3.63) is 11.9 Å². The van der Waals surface area contributed by atoms with Crippen LogP contribution in [0.2, 0.25) is 0 Å². The number of hydrogen-bond donors (Lipinski definition) is 1. The molecular weight excluding hydrogens is 240 g/mol. The molecule has 0 aliphatic carbocycles. The first kappa shape index (κ1) is 14.1. The zero-order chi connectivity index (χ0) is 13.8. The van der Waals surface area contributed by atoms with Gasteiger partial charge in [-0.2, -0.15) is 0 Å². The van der Waals surface area contributed by atoms with Crippen LogP contribution in [-0.2, 0) is 0 Å². The lowest BCUT2D eigenvalue weighted by molar-refractivity contribution is 0.203. The number of aliphatic hydroxyl groups is 1. The summed E-state index contributed by atoms with van der Waals surface area (Å²) in [6.07, 6.45) is 2.08. The Labute approximate surface area is 115 Å². The summed E-state index contributed by atoms with van der Waals surface area (Å²) in [6, 6.07) is 2.07. The van der Waals surface area contributed by atoms with Gasteiger partial charge in [-0.1, -0.05) is 0 Å². The van der Waals surface area contributed by atoms with Crippen molar-refractivity contribution < 1.29 is 5.11 Å². The summed E-state index contributed by atoms with van der Waals surface area (Å²) in [7, 11) is 2.05. The van der Waals surface area contributed by atoms with Crippen LogP contribution in [0.1, 0.15) is 25.6 Å². The van der Waals surface area contributed by atoms with Gasteiger partial charge in [0.15, 0.2) is 0 Å². The quantitative estimate of drug-likeness (QED) is 0.892. The van der Waals surface area contributed by atoms with Gasteiger partial charge in [-0.05, 0) is 32.6 Å². The summed E-state index contributed by atoms with van der Waals surface area (Å²) < 4.78 is 0. The van der Waals surface area contributed by atoms with Gasteiger partial charge >= 0.3 is 0 Å². The molecule has 5 nitrogen and oxygen atoms in total. The van der Waals surface area contributed by atoms with Crippen LogP contribution in [0.25, 0.3) is 0 Å². The number of aryl methyl sites for hydroxylation is 1. The van der Waals surface area contributed by atoms with Crippen molar-refractivity contribution >= 4 is 11.6 Å². The van der Waals surface area contributed by atoms with E-state index in [1.54, 1.807) is 0 Å². The van der Waals surface area contributed by atoms with Gasteiger partial charge in [-0.3, -0.25) is 0 Å². The molecule has 0 atom stereocenters. The van der Waals surface area contributed by atoms with Gasteiger partial charge in [0.2, 0.25) is 0 Å². The first-order valence-corrected chi connectivity index (χ1v) is 7.06. The normalized spacial score (nSPS) is 16.7. The summed E-state index contributed by atoms with van der Waals surface area (Å²) >= 11 is 0. The minimum atomic E-state index is 0.306. The van der Waals surface area contributed by atoms with E-state index >= 15 is 0 Å². The van der Waals surface area contributed by atoms with Crippen LogP contribution in [0.5, 0.6) is 0 Å². The highest BCUT2D eigenvalue weighted by molar-refractivity contribution is 5.50. The van der Waals surface area contributed by atoms with Crippen LogP contribution in [0, 0.1) is 12.8 Å². The molecule has 1 aliphatic rings. The highest BCUT2D eigenvalue weighted by atomic mass is 16.3. The number of rotatable bonds is 4. The maximum atomic E-state index is 9.19. The number of piperidine rings is 1. The fourth-order valence-electron chi connectivity index (χ4n) is 2.40. The van der Waals surface area contributed by atoms with Crippen molar-refractivity contribution in [3.63, 3.8) is 0 Å². The molecule has 0 unspecified atom stereocenters. The Morgan fingerprint density at radius 1 is 1.37 bits per heavy atom. The molecule has 19 heavy (non-hydrogen) atoms. The van der Waals surface area contributed by atoms with E-state index in [1.807, 2.05) is 14.0 Å². The smallest absolute Gasteiger partial charge is 0.134 e. The van der Waals surface area contributed by atoms with Gasteiger partial charge < -0.3 is 14.9 Å². The molecule has 2 rings (SSSR count). The van der Waals surface area contributed by atoms with Crippen LogP contribution in [0.15, 0.2) is 6.07 Å². The van der Waals surface area contributed by atoms with Gasteiger partial charge in [0.05, 0.1) is 0 Å². The maximum Gasteiger partial charge on any atom is 0.134 e. The number of hydrogen-bond acceptors (Lipinski definition) is 5. The molecule has 1 aromatic rings. The standard InChI is InChI=1S/C14H24N4O/c1-4-17(3)13-9-14(16-11(2)15-13)18-7-5-12(10-19)6-8-18/h9,12,19H,4-8,10H2,1-3H3. The second-order valence-corrected chi connectivity index (χ2v) is 5.26. The molecule has 0 saturated carbocycles. The topological polar surface area (TPSA) is 52.5 Å². The summed E-state index contributed by atoms with van der Waals surface area (Å²) in [5.74, 6) is 3.27. The van der Waals surface area contributed by atoms with E-state index in [4.69, 9.17) is 0 Å². The third-order valence-electron chi connectivity index (χ3n) is 3.87. The lowest BCUT2D eigenvalue weighted by Gasteiger charge is -2.32. The molecule has 1 fully saturated rings. The summed E-state index contributed by atoms with van der Waals surface area (Å²) in [5.41, 5.74) is 0. The zero-order valence-electron chi connectivity index (χ0n) is 12.1. The highest BCUT2D eigenvalue weighted by Gasteiger charge is 2.20. The van der Waals surface area contributed by atoms with Crippen LogP contribution in [-0.4, -0.2) is 48.4 Å². The summed E-state index contributed by atoms with van der Waals surface area (Å²) in [4.78, 5) is 13.5. The third-order valence-corrected chi connectivity index (χ3v) is 3.87. The van der Waals surface area contributed by atoms with Crippen molar-refractivity contribution in [2.75, 3.05) is 43.1 Å². The number of anilines is 2. The molecule has 1 N–H and O–H groups in total. The molecule has 5 heteroatoms. The van der Waals surface area contributed by atoms with Gasteiger partial charge in [0, 0.05) is 39.4 Å². The van der Waals surface area contributed by atoms with Crippen molar-refractivity contribution in [2.45, 2.75) is 26.7 Å². The minimum absolute atomic E-state index is 0.306. The monoisotopic (exact) mass is 264 g/mol. The van der Waals surface area contributed by atoms with Gasteiger partial charge in [0.1, 0.15) is 17.5 Å². The molecule has 1 aromatic heterocycles. The molecule has 0 amide bonds. The predicted molar refractivity (Wildman–Crippen MR) is 77.7 cm³/mol. The Morgan fingerprint density at radius 3 is 2.63 bits per heavy atom. The molecule has 0 radical (unpaired) electrons. The lowest BCUT2D eigenvalue weighted by atomic mass is 9.98. The van der Waals surface area contributed by atoms with Gasteiger partial charge in [-0.15, -0.1) is 0 Å². The van der Waals surface area contributed by atoms with Crippen molar-refractivity contribution in [1.82, 2.24) is 9.97 Å². The van der Waals surface area contributed by atoms with E-state index in [0.29, 0.717) is 12.5 Å². The Hall–Kier alpha value is -1.36. The summed E-state index contributed by atoms with van der Waals surface area (Å²) in [6.45, 7) is 7.23. The fraction of sp³-hybridized carbons (Fsp3) is 0.714. The van der Waals surface area contributed by atoms with E-state index in [9.17, 15) is 5.11 Å². The first-order chi connectivity index (χ1) is 9.13. The largest absolute Gasteiger partial charge is 0.396 e. The average molecular weight is 264 g/mol. The molecule has 1 aliphatic heterocycles. The second kappa shape index (κ2) is 6.19. The molecule has 0 spiro atoms. The van der Waals surface area contributed by atoms with Crippen molar-refractivity contribution in [2.24, 2.45) is 5.92 Å². The lowest BCUT2D eigenvalue weighted by Crippen LogP contribution is -2.35. The van der Waals surface area contributed by atoms with Gasteiger partial charge in [0.25, 0.3) is 0 Å². The molecule has 0 bridgehead atoms. The first-order valence-electron chi connectivity index (χ1n) is 7.06. The minimum Gasteiger partial charge on any atom is -0.396 e. The molecule has 0 aromatic carbocycles. The van der Waals surface area contributed by atoms with E-state index in [0.717, 1.165) is 49.9 Å². The van der Waals surface area contributed by atoms with Crippen LogP contribution >= 0.6 is 0 Å². The van der Waals surface area contributed by atoms with Crippen LogP contribution < -0.4 is 9.80 Å². The molecular formula is C14H24N4O. The average Bonchev–Trinajstić information content (AvgIpc) is 2.45. The van der Waals surface area contributed by atoms with Crippen LogP contribution in [0.3, 0.4) is 0 Å². The molecule has 2 heterocycles. The van der Waals surface area contributed by atoms with E-state index < -0.39 is 0 Å². The van der Waals surface area contributed by atoms with Crippen molar-refractivity contribution in [1.29, 1.82) is 0 Å². The second-order valence-electron chi connectivity index (χ2n) is 5.26. The van der Waals surface area contributed by atoms with E-state index in [-0.39, 0.29) is 0 Å². The number of aliphatic hydroxyl groups excluding tert-OH is 1. The van der Waals surface area contributed by atoms with E-state index in [2.05, 4.69) is 32.8 Å². The van der Waals surface area contributed by atoms with Crippen LogP contribution in [0.4, 0.5) is 11.6 Å².